The van der Waals surface area contributed by atoms with Gasteiger partial charge >= 0.3 is 0 Å². The average molecular weight is 283 g/mol. The largest absolute Gasteiger partial charge is 0.381 e. The maximum absolute atomic E-state index is 11.8. The molecule has 0 aliphatic carbocycles. The normalized spacial score (nSPS) is 18.0. The molecule has 2 N–H and O–H groups in total. The summed E-state index contributed by atoms with van der Waals surface area (Å²) >= 11 is 5.79. The van der Waals surface area contributed by atoms with E-state index in [4.69, 9.17) is 16.3 Å². The Balaban J connectivity index is 1.79. The van der Waals surface area contributed by atoms with Crippen molar-refractivity contribution in [2.45, 2.75) is 25.3 Å². The molecule has 1 aliphatic heterocycles. The van der Waals surface area contributed by atoms with E-state index in [1.807, 2.05) is 0 Å². The number of ether oxygens (including phenoxy) is 1. The van der Waals surface area contributed by atoms with Crippen LogP contribution in [0.5, 0.6) is 0 Å². The summed E-state index contributed by atoms with van der Waals surface area (Å²) in [4.78, 5) is 11.8. The Morgan fingerprint density at radius 2 is 1.95 bits per heavy atom. The van der Waals surface area contributed by atoms with Gasteiger partial charge in [-0.3, -0.25) is 4.79 Å². The van der Waals surface area contributed by atoms with Crippen molar-refractivity contribution in [3.8, 4) is 0 Å². The molecule has 1 fully saturated rings. The molecule has 0 atom stereocenters. The molecule has 0 spiro atoms. The number of benzene rings is 1. The van der Waals surface area contributed by atoms with Gasteiger partial charge in [0.25, 0.3) is 0 Å². The highest BCUT2D eigenvalue weighted by molar-refractivity contribution is 6.30. The van der Waals surface area contributed by atoms with Crippen molar-refractivity contribution in [3.05, 3.63) is 29.3 Å². The maximum atomic E-state index is 11.8. The van der Waals surface area contributed by atoms with Crippen molar-refractivity contribution in [2.24, 2.45) is 0 Å². The molecule has 1 aromatic rings. The summed E-state index contributed by atoms with van der Waals surface area (Å²) in [6.07, 6.45) is 1.86. The van der Waals surface area contributed by atoms with E-state index in [0.717, 1.165) is 31.7 Å². The van der Waals surface area contributed by atoms with E-state index < -0.39 is 0 Å². The molecule has 104 valence electrons. The highest BCUT2D eigenvalue weighted by Gasteiger charge is 2.27. The van der Waals surface area contributed by atoms with Crippen LogP contribution >= 0.6 is 11.6 Å². The Bertz CT molecular complexity index is 428. The monoisotopic (exact) mass is 282 g/mol. The molecule has 1 heterocycles. The van der Waals surface area contributed by atoms with Gasteiger partial charge in [-0.2, -0.15) is 0 Å². The SMILES string of the molecule is CC1(NCC(=O)Nc2ccc(Cl)cc2)CCOCC1. The average Bonchev–Trinajstić information content (AvgIpc) is 2.40. The number of carbonyl (C=O) groups is 1. The third kappa shape index (κ3) is 4.49. The van der Waals surface area contributed by atoms with Gasteiger partial charge in [-0.25, -0.2) is 0 Å². The van der Waals surface area contributed by atoms with Crippen LogP contribution in [0.25, 0.3) is 0 Å². The number of amides is 1. The third-order valence-electron chi connectivity index (χ3n) is 3.40. The van der Waals surface area contributed by atoms with Crippen LogP contribution in [0.4, 0.5) is 5.69 Å². The Kier molecular flexibility index (Phi) is 4.80. The van der Waals surface area contributed by atoms with Crippen LogP contribution in [0.1, 0.15) is 19.8 Å². The predicted octanol–water partition coefficient (Wildman–Crippen LogP) is 2.44. The zero-order valence-electron chi connectivity index (χ0n) is 11.0. The fourth-order valence-corrected chi connectivity index (χ4v) is 2.16. The first-order valence-corrected chi connectivity index (χ1v) is 6.83. The summed E-state index contributed by atoms with van der Waals surface area (Å²) in [6.45, 7) is 3.94. The lowest BCUT2D eigenvalue weighted by Gasteiger charge is -2.34. The number of anilines is 1. The summed E-state index contributed by atoms with van der Waals surface area (Å²) in [7, 11) is 0. The van der Waals surface area contributed by atoms with Gasteiger partial charge in [0.1, 0.15) is 0 Å². The lowest BCUT2D eigenvalue weighted by atomic mass is 9.92. The fourth-order valence-electron chi connectivity index (χ4n) is 2.03. The van der Waals surface area contributed by atoms with Gasteiger partial charge in [-0.1, -0.05) is 11.6 Å². The highest BCUT2D eigenvalue weighted by atomic mass is 35.5. The second-order valence-electron chi connectivity index (χ2n) is 5.08. The standard InChI is InChI=1S/C14H19ClN2O2/c1-14(6-8-19-9-7-14)16-10-13(18)17-12-4-2-11(15)3-5-12/h2-5,16H,6-10H2,1H3,(H,17,18). The Morgan fingerprint density at radius 1 is 1.32 bits per heavy atom. The summed E-state index contributed by atoms with van der Waals surface area (Å²) in [6, 6.07) is 7.08. The molecule has 1 saturated heterocycles. The fraction of sp³-hybridized carbons (Fsp3) is 0.500. The molecule has 0 bridgehead atoms. The third-order valence-corrected chi connectivity index (χ3v) is 3.65. The predicted molar refractivity (Wildman–Crippen MR) is 76.5 cm³/mol. The first-order valence-electron chi connectivity index (χ1n) is 6.46. The van der Waals surface area contributed by atoms with Crippen molar-refractivity contribution in [1.29, 1.82) is 0 Å². The quantitative estimate of drug-likeness (QED) is 0.892. The number of halogens is 1. The van der Waals surface area contributed by atoms with Crippen LogP contribution in [0.2, 0.25) is 5.02 Å². The Morgan fingerprint density at radius 3 is 2.58 bits per heavy atom. The number of rotatable bonds is 4. The Hall–Kier alpha value is -1.10. The number of carbonyl (C=O) groups excluding carboxylic acids is 1. The van der Waals surface area contributed by atoms with Crippen LogP contribution in [-0.4, -0.2) is 31.2 Å². The lowest BCUT2D eigenvalue weighted by molar-refractivity contribution is -0.116. The zero-order chi connectivity index (χ0) is 13.7. The van der Waals surface area contributed by atoms with E-state index in [-0.39, 0.29) is 11.4 Å². The van der Waals surface area contributed by atoms with Crippen LogP contribution in [0.15, 0.2) is 24.3 Å². The smallest absolute Gasteiger partial charge is 0.238 e. The van der Waals surface area contributed by atoms with Gasteiger partial charge in [-0.15, -0.1) is 0 Å². The van der Waals surface area contributed by atoms with E-state index >= 15 is 0 Å². The van der Waals surface area contributed by atoms with Crippen molar-refractivity contribution in [2.75, 3.05) is 25.1 Å². The number of hydrogen-bond acceptors (Lipinski definition) is 3. The highest BCUT2D eigenvalue weighted by Crippen LogP contribution is 2.19. The maximum Gasteiger partial charge on any atom is 0.238 e. The molecule has 1 amide bonds. The molecule has 19 heavy (non-hydrogen) atoms. The number of hydrogen-bond donors (Lipinski definition) is 2. The van der Waals surface area contributed by atoms with E-state index in [2.05, 4.69) is 17.6 Å². The minimum atomic E-state index is -0.0463. The van der Waals surface area contributed by atoms with Gasteiger partial charge in [0.05, 0.1) is 6.54 Å². The molecule has 1 aromatic carbocycles. The molecular weight excluding hydrogens is 264 g/mol. The van der Waals surface area contributed by atoms with Crippen molar-refractivity contribution < 1.29 is 9.53 Å². The second-order valence-corrected chi connectivity index (χ2v) is 5.52. The van der Waals surface area contributed by atoms with Crippen LogP contribution < -0.4 is 10.6 Å². The molecule has 0 saturated carbocycles. The van der Waals surface area contributed by atoms with Gasteiger partial charge in [0.2, 0.25) is 5.91 Å². The van der Waals surface area contributed by atoms with Crippen molar-refractivity contribution in [1.82, 2.24) is 5.32 Å². The van der Waals surface area contributed by atoms with E-state index in [1.54, 1.807) is 24.3 Å². The first kappa shape index (κ1) is 14.3. The summed E-state index contributed by atoms with van der Waals surface area (Å²) in [5, 5.41) is 6.80. The molecule has 0 radical (unpaired) electrons. The van der Waals surface area contributed by atoms with E-state index in [0.29, 0.717) is 11.6 Å². The number of nitrogens with one attached hydrogen (secondary N) is 2. The summed E-state index contributed by atoms with van der Waals surface area (Å²) < 4.78 is 5.33. The van der Waals surface area contributed by atoms with Crippen molar-refractivity contribution in [3.63, 3.8) is 0 Å². The first-order chi connectivity index (χ1) is 9.07. The minimum absolute atomic E-state index is 0.00438. The van der Waals surface area contributed by atoms with Gasteiger partial charge in [-0.05, 0) is 44.0 Å². The molecule has 0 unspecified atom stereocenters. The van der Waals surface area contributed by atoms with Gasteiger partial charge in [0, 0.05) is 29.5 Å². The molecular formula is C14H19ClN2O2. The molecule has 0 aromatic heterocycles. The Labute approximate surface area is 118 Å². The summed E-state index contributed by atoms with van der Waals surface area (Å²) in [5.74, 6) is -0.0463. The lowest BCUT2D eigenvalue weighted by Crippen LogP contribution is -2.49. The van der Waals surface area contributed by atoms with E-state index in [1.165, 1.54) is 0 Å². The van der Waals surface area contributed by atoms with Gasteiger partial charge in [0.15, 0.2) is 0 Å². The van der Waals surface area contributed by atoms with E-state index in [9.17, 15) is 4.79 Å². The van der Waals surface area contributed by atoms with Crippen LogP contribution in [0, 0.1) is 0 Å². The minimum Gasteiger partial charge on any atom is -0.381 e. The molecule has 4 nitrogen and oxygen atoms in total. The topological polar surface area (TPSA) is 50.4 Å². The molecule has 5 heteroatoms. The van der Waals surface area contributed by atoms with Crippen LogP contribution in [0.3, 0.4) is 0 Å². The zero-order valence-corrected chi connectivity index (χ0v) is 11.8. The van der Waals surface area contributed by atoms with Crippen LogP contribution in [-0.2, 0) is 9.53 Å². The molecule has 1 aliphatic rings. The molecule has 2 rings (SSSR count). The second kappa shape index (κ2) is 6.37. The summed E-state index contributed by atoms with van der Waals surface area (Å²) in [5.41, 5.74) is 0.753. The van der Waals surface area contributed by atoms with Gasteiger partial charge < -0.3 is 15.4 Å². The van der Waals surface area contributed by atoms with Crippen molar-refractivity contribution >= 4 is 23.2 Å².